The molecule has 3 amide bonds. The predicted octanol–water partition coefficient (Wildman–Crippen LogP) is -0.932. The van der Waals surface area contributed by atoms with Crippen molar-refractivity contribution in [2.45, 2.75) is 24.5 Å². The maximum Gasteiger partial charge on any atom is 0.327 e. The van der Waals surface area contributed by atoms with Gasteiger partial charge in [-0.25, -0.2) is 4.79 Å². The summed E-state index contributed by atoms with van der Waals surface area (Å²) in [5, 5.41) is 17.3. The van der Waals surface area contributed by atoms with Gasteiger partial charge in [-0.2, -0.15) is 25.3 Å². The van der Waals surface area contributed by atoms with E-state index in [4.69, 9.17) is 10.8 Å². The molecule has 168 valence electrons. The largest absolute Gasteiger partial charge is 0.480 e. The van der Waals surface area contributed by atoms with E-state index in [1.54, 1.807) is 6.20 Å². The van der Waals surface area contributed by atoms with Gasteiger partial charge in [-0.05, 0) is 11.6 Å². The Balaban J connectivity index is 2.16. The van der Waals surface area contributed by atoms with Crippen molar-refractivity contribution in [1.29, 1.82) is 0 Å². The first-order valence-electron chi connectivity index (χ1n) is 9.40. The molecule has 0 saturated carbocycles. The third kappa shape index (κ3) is 6.64. The molecule has 31 heavy (non-hydrogen) atoms. The number of H-pyrrole nitrogens is 1. The molecule has 0 fully saturated rings. The third-order valence-electron chi connectivity index (χ3n) is 4.55. The molecule has 2 rings (SSSR count). The van der Waals surface area contributed by atoms with Crippen LogP contribution in [0.2, 0.25) is 0 Å². The quantitative estimate of drug-likeness (QED) is 0.199. The Hall–Kier alpha value is -2.70. The van der Waals surface area contributed by atoms with Gasteiger partial charge in [-0.15, -0.1) is 0 Å². The molecular formula is C19H25N5O5S2. The van der Waals surface area contributed by atoms with Crippen LogP contribution in [0, 0.1) is 0 Å². The number of aromatic nitrogens is 1. The van der Waals surface area contributed by atoms with Crippen LogP contribution < -0.4 is 21.7 Å². The summed E-state index contributed by atoms with van der Waals surface area (Å²) in [6, 6.07) is 4.16. The van der Waals surface area contributed by atoms with E-state index in [1.807, 2.05) is 24.3 Å². The molecule has 10 nitrogen and oxygen atoms in total. The second-order valence-corrected chi connectivity index (χ2v) is 7.44. The second-order valence-electron chi connectivity index (χ2n) is 6.71. The van der Waals surface area contributed by atoms with Crippen LogP contribution in [-0.2, 0) is 25.6 Å². The molecule has 7 N–H and O–H groups in total. The zero-order valence-electron chi connectivity index (χ0n) is 16.5. The lowest BCUT2D eigenvalue weighted by molar-refractivity contribution is -0.141. The second kappa shape index (κ2) is 11.6. The lowest BCUT2D eigenvalue weighted by Gasteiger charge is -2.23. The fourth-order valence-corrected chi connectivity index (χ4v) is 3.41. The monoisotopic (exact) mass is 467 g/mol. The maximum absolute atomic E-state index is 12.9. The van der Waals surface area contributed by atoms with Crippen LogP contribution in [-0.4, -0.2) is 70.0 Å². The Bertz CT molecular complexity index is 951. The van der Waals surface area contributed by atoms with Crippen molar-refractivity contribution in [2.24, 2.45) is 5.73 Å². The molecule has 0 radical (unpaired) electrons. The smallest absolute Gasteiger partial charge is 0.327 e. The number of benzene rings is 1. The summed E-state index contributed by atoms with van der Waals surface area (Å²) in [7, 11) is 0. The van der Waals surface area contributed by atoms with Gasteiger partial charge >= 0.3 is 5.97 Å². The minimum atomic E-state index is -1.25. The number of thiol groups is 2. The van der Waals surface area contributed by atoms with Crippen LogP contribution in [0.4, 0.5) is 0 Å². The van der Waals surface area contributed by atoms with Gasteiger partial charge in [0, 0.05) is 35.0 Å². The number of aromatic amines is 1. The van der Waals surface area contributed by atoms with Crippen LogP contribution >= 0.6 is 25.3 Å². The fourth-order valence-electron chi connectivity index (χ4n) is 2.91. The number of hydrogen-bond donors (Lipinski definition) is 8. The standard InChI is InChI=1S/C19H25N5O5S2/c20-6-16(25)22-13(5-10-7-21-12-4-2-1-3-11(10)12)17(26)23-14(8-30)18(27)24-15(9-31)19(28)29/h1-4,7,13-15,21,30-31H,5-6,8-9,20H2,(H,22,25)(H,23,26)(H,24,27)(H,28,29). The topological polar surface area (TPSA) is 166 Å². The van der Waals surface area contributed by atoms with Gasteiger partial charge in [0.05, 0.1) is 6.54 Å². The number of rotatable bonds is 11. The predicted molar refractivity (Wildman–Crippen MR) is 122 cm³/mol. The molecule has 1 aromatic heterocycles. The number of para-hydroxylation sites is 1. The van der Waals surface area contributed by atoms with Gasteiger partial charge < -0.3 is 31.8 Å². The number of fused-ring (bicyclic) bond motifs is 1. The molecule has 0 aliphatic carbocycles. The number of nitrogens with one attached hydrogen (secondary N) is 4. The number of hydrogen-bond acceptors (Lipinski definition) is 7. The number of carbonyl (C=O) groups excluding carboxylic acids is 3. The van der Waals surface area contributed by atoms with Crippen LogP contribution in [0.1, 0.15) is 5.56 Å². The van der Waals surface area contributed by atoms with Gasteiger partial charge in [0.25, 0.3) is 0 Å². The summed E-state index contributed by atoms with van der Waals surface area (Å²) in [6.45, 7) is -0.309. The SMILES string of the molecule is NCC(=O)NC(Cc1c[nH]c2ccccc12)C(=O)NC(CS)C(=O)NC(CS)C(=O)O. The zero-order chi connectivity index (χ0) is 23.0. The van der Waals surface area contributed by atoms with E-state index in [9.17, 15) is 19.2 Å². The van der Waals surface area contributed by atoms with Crippen molar-refractivity contribution in [1.82, 2.24) is 20.9 Å². The molecular weight excluding hydrogens is 442 g/mol. The molecule has 0 saturated heterocycles. The molecule has 0 aliphatic rings. The van der Waals surface area contributed by atoms with E-state index in [2.05, 4.69) is 46.2 Å². The van der Waals surface area contributed by atoms with Crippen molar-refractivity contribution < 1.29 is 24.3 Å². The molecule has 3 atom stereocenters. The molecule has 1 heterocycles. The van der Waals surface area contributed by atoms with Crippen molar-refractivity contribution in [3.8, 4) is 0 Å². The third-order valence-corrected chi connectivity index (χ3v) is 5.28. The first kappa shape index (κ1) is 24.6. The molecule has 2 aromatic rings. The first-order chi connectivity index (χ1) is 14.8. The number of carboxylic acid groups (broad SMARTS) is 1. The highest BCUT2D eigenvalue weighted by Gasteiger charge is 2.29. The molecule has 1 aromatic carbocycles. The summed E-state index contributed by atoms with van der Waals surface area (Å²) in [5.41, 5.74) is 7.04. The van der Waals surface area contributed by atoms with Gasteiger partial charge in [0.1, 0.15) is 18.1 Å². The molecule has 12 heteroatoms. The average Bonchev–Trinajstić information content (AvgIpc) is 3.17. The Morgan fingerprint density at radius 1 is 0.968 bits per heavy atom. The van der Waals surface area contributed by atoms with Crippen LogP contribution in [0.3, 0.4) is 0 Å². The van der Waals surface area contributed by atoms with Gasteiger partial charge in [0.2, 0.25) is 17.7 Å². The zero-order valence-corrected chi connectivity index (χ0v) is 18.3. The number of carbonyl (C=O) groups is 4. The molecule has 0 bridgehead atoms. The summed E-state index contributed by atoms with van der Waals surface area (Å²) in [6.07, 6.45) is 1.89. The highest BCUT2D eigenvalue weighted by Crippen LogP contribution is 2.19. The van der Waals surface area contributed by atoms with Crippen molar-refractivity contribution in [3.63, 3.8) is 0 Å². The summed E-state index contributed by atoms with van der Waals surface area (Å²) in [4.78, 5) is 51.4. The lowest BCUT2D eigenvalue weighted by atomic mass is 10.0. The van der Waals surface area contributed by atoms with Gasteiger partial charge in [-0.1, -0.05) is 18.2 Å². The highest BCUT2D eigenvalue weighted by molar-refractivity contribution is 7.80. The average molecular weight is 468 g/mol. The van der Waals surface area contributed by atoms with Gasteiger partial charge in [0.15, 0.2) is 0 Å². The molecule has 0 spiro atoms. The lowest BCUT2D eigenvalue weighted by Crippen LogP contribution is -2.57. The maximum atomic E-state index is 12.9. The Labute approximate surface area is 189 Å². The fraction of sp³-hybridized carbons (Fsp3) is 0.368. The van der Waals surface area contributed by atoms with Crippen molar-refractivity contribution in [2.75, 3.05) is 18.1 Å². The van der Waals surface area contributed by atoms with Crippen molar-refractivity contribution in [3.05, 3.63) is 36.0 Å². The van der Waals surface area contributed by atoms with E-state index in [-0.39, 0.29) is 24.5 Å². The van der Waals surface area contributed by atoms with Crippen LogP contribution in [0.25, 0.3) is 10.9 Å². The van der Waals surface area contributed by atoms with Crippen LogP contribution in [0.15, 0.2) is 30.5 Å². The Morgan fingerprint density at radius 3 is 2.19 bits per heavy atom. The number of amides is 3. The first-order valence-corrected chi connectivity index (χ1v) is 10.7. The van der Waals surface area contributed by atoms with Crippen molar-refractivity contribution >= 4 is 59.9 Å². The molecule has 3 unspecified atom stereocenters. The minimum Gasteiger partial charge on any atom is -0.480 e. The molecule has 0 aliphatic heterocycles. The minimum absolute atomic E-state index is 0.0822. The number of nitrogens with two attached hydrogens (primary N) is 1. The summed E-state index contributed by atoms with van der Waals surface area (Å²) < 4.78 is 0. The highest BCUT2D eigenvalue weighted by atomic mass is 32.1. The number of aliphatic carboxylic acids is 1. The number of carboxylic acids is 1. The Morgan fingerprint density at radius 2 is 1.58 bits per heavy atom. The summed E-state index contributed by atoms with van der Waals surface area (Å²) in [5.74, 6) is -3.33. The van der Waals surface area contributed by atoms with Gasteiger partial charge in [-0.3, -0.25) is 14.4 Å². The van der Waals surface area contributed by atoms with E-state index in [0.29, 0.717) is 0 Å². The van der Waals surface area contributed by atoms with Crippen LogP contribution in [0.5, 0.6) is 0 Å². The van der Waals surface area contributed by atoms with E-state index >= 15 is 0 Å². The summed E-state index contributed by atoms with van der Waals surface area (Å²) >= 11 is 7.97. The van der Waals surface area contributed by atoms with E-state index in [1.165, 1.54) is 0 Å². The van der Waals surface area contributed by atoms with E-state index < -0.39 is 41.8 Å². The Kier molecular flexibility index (Phi) is 9.21. The van der Waals surface area contributed by atoms with E-state index in [0.717, 1.165) is 16.5 Å². The normalized spacial score (nSPS) is 13.8.